The maximum atomic E-state index is 5.72. The highest BCUT2D eigenvalue weighted by atomic mass is 32.1. The molecular weight excluding hydrogens is 460 g/mol. The van der Waals surface area contributed by atoms with Crippen molar-refractivity contribution in [2.45, 2.75) is 0 Å². The number of nitrogens with one attached hydrogen (secondary N) is 2. The van der Waals surface area contributed by atoms with Gasteiger partial charge in [-0.15, -0.1) is 0 Å². The zero-order chi connectivity index (χ0) is 23.6. The van der Waals surface area contributed by atoms with Crippen molar-refractivity contribution in [2.75, 3.05) is 36.4 Å². The summed E-state index contributed by atoms with van der Waals surface area (Å²) in [6, 6.07) is 19.4. The van der Waals surface area contributed by atoms with Crippen molar-refractivity contribution in [1.82, 2.24) is 14.9 Å². The molecule has 1 fully saturated rings. The third-order valence-corrected chi connectivity index (χ3v) is 6.39. The Morgan fingerprint density at radius 3 is 2.17 bits per heavy atom. The molecule has 35 heavy (non-hydrogen) atoms. The second-order valence-corrected chi connectivity index (χ2v) is 8.62. The average Bonchev–Trinajstić information content (AvgIpc) is 3.63. The first kappa shape index (κ1) is 21.3. The molecule has 174 valence electrons. The maximum Gasteiger partial charge on any atom is 0.274 e. The van der Waals surface area contributed by atoms with Crippen molar-refractivity contribution in [1.29, 1.82) is 0 Å². The van der Waals surface area contributed by atoms with E-state index in [0.29, 0.717) is 28.0 Å². The summed E-state index contributed by atoms with van der Waals surface area (Å²) in [5.41, 5.74) is 3.64. The third-order valence-electron chi connectivity index (χ3n) is 6.02. The Morgan fingerprint density at radius 2 is 1.54 bits per heavy atom. The van der Waals surface area contributed by atoms with Gasteiger partial charge in [0.2, 0.25) is 0 Å². The number of anilines is 2. The highest BCUT2D eigenvalue weighted by Gasteiger charge is 2.24. The molecule has 9 heteroatoms. The second-order valence-electron chi connectivity index (χ2n) is 8.23. The van der Waals surface area contributed by atoms with Gasteiger partial charge in [0.05, 0.1) is 42.8 Å². The lowest BCUT2D eigenvalue weighted by atomic mass is 10.1. The first-order valence-electron chi connectivity index (χ1n) is 11.4. The molecule has 1 aromatic carbocycles. The van der Waals surface area contributed by atoms with Gasteiger partial charge in [-0.2, -0.15) is 0 Å². The van der Waals surface area contributed by atoms with Crippen LogP contribution in [0.2, 0.25) is 0 Å². The molecule has 2 N–H and O–H groups in total. The minimum atomic E-state index is 0.631. The van der Waals surface area contributed by atoms with Gasteiger partial charge in [-0.1, -0.05) is 6.07 Å². The summed E-state index contributed by atoms with van der Waals surface area (Å²) in [4.78, 5) is 17.5. The molecule has 0 amide bonds. The molecule has 5 heterocycles. The quantitative estimate of drug-likeness (QED) is 0.375. The largest absolute Gasteiger partial charge is 0.463 e. The van der Waals surface area contributed by atoms with Gasteiger partial charge in [0.15, 0.2) is 16.6 Å². The van der Waals surface area contributed by atoms with Crippen molar-refractivity contribution in [3.63, 3.8) is 0 Å². The Labute approximate surface area is 207 Å². The van der Waals surface area contributed by atoms with E-state index < -0.39 is 0 Å². The molecule has 1 aliphatic rings. The van der Waals surface area contributed by atoms with Gasteiger partial charge in [0.25, 0.3) is 5.82 Å². The van der Waals surface area contributed by atoms with Crippen molar-refractivity contribution in [3.8, 4) is 22.9 Å². The normalized spacial score (nSPS) is 13.8. The number of piperazine rings is 1. The molecule has 1 aliphatic heterocycles. The van der Waals surface area contributed by atoms with Crippen molar-refractivity contribution < 1.29 is 13.8 Å². The van der Waals surface area contributed by atoms with Crippen molar-refractivity contribution in [3.05, 3.63) is 79.4 Å². The van der Waals surface area contributed by atoms with Gasteiger partial charge in [-0.05, 0) is 60.7 Å². The van der Waals surface area contributed by atoms with Gasteiger partial charge >= 0.3 is 0 Å². The van der Waals surface area contributed by atoms with E-state index in [1.54, 1.807) is 12.5 Å². The van der Waals surface area contributed by atoms with Gasteiger partial charge in [0, 0.05) is 11.8 Å². The molecular formula is C26H23N6O2S+. The number of furan rings is 2. The summed E-state index contributed by atoms with van der Waals surface area (Å²) in [5.74, 6) is 2.40. The Bertz CT molecular complexity index is 1450. The number of thiocarbonyl (C=S) groups is 1. The zero-order valence-electron chi connectivity index (χ0n) is 18.8. The summed E-state index contributed by atoms with van der Waals surface area (Å²) < 4.78 is 11.2. The van der Waals surface area contributed by atoms with Gasteiger partial charge < -0.3 is 19.1 Å². The summed E-state index contributed by atoms with van der Waals surface area (Å²) in [5, 5.41) is 4.08. The molecule has 4 aromatic heterocycles. The highest BCUT2D eigenvalue weighted by Crippen LogP contribution is 2.32. The molecule has 0 spiro atoms. The number of nitrogens with zero attached hydrogens (tertiary/aromatic N) is 4. The van der Waals surface area contributed by atoms with E-state index in [1.165, 1.54) is 0 Å². The number of aromatic amines is 1. The molecule has 8 nitrogen and oxygen atoms in total. The number of aromatic nitrogens is 3. The lowest BCUT2D eigenvalue weighted by Crippen LogP contribution is -2.51. The van der Waals surface area contributed by atoms with Crippen LogP contribution in [0.25, 0.3) is 33.9 Å². The lowest BCUT2D eigenvalue weighted by molar-refractivity contribution is -0.364. The summed E-state index contributed by atoms with van der Waals surface area (Å²) in [7, 11) is 0. The van der Waals surface area contributed by atoms with E-state index in [4.69, 9.17) is 31.0 Å². The molecule has 6 rings (SSSR count). The fraction of sp³-hybridized carbons (Fsp3) is 0.154. The van der Waals surface area contributed by atoms with E-state index in [9.17, 15) is 0 Å². The van der Waals surface area contributed by atoms with Crippen LogP contribution in [-0.2, 0) is 0 Å². The van der Waals surface area contributed by atoms with Crippen LogP contribution < -0.4 is 15.2 Å². The Balaban J connectivity index is 1.22. The standard InChI is InChI=1S/C26H22N6O2S/c35-26(32-13-11-31(12-14-32)23-7-1-2-10-27-23)28-18-8-9-19-20(17-18)30-25(22-6-4-16-34-22)24(29-19)21-5-3-15-33-21/h1-10,15-17H,11-14H2,(H,28,35)/p+1. The topological polar surface area (TPSA) is 84.7 Å². The van der Waals surface area contributed by atoms with Crippen molar-refractivity contribution >= 4 is 39.9 Å². The second kappa shape index (κ2) is 9.19. The molecule has 0 radical (unpaired) electrons. The highest BCUT2D eigenvalue weighted by molar-refractivity contribution is 7.80. The number of pyridine rings is 1. The minimum absolute atomic E-state index is 0.631. The van der Waals surface area contributed by atoms with E-state index >= 15 is 0 Å². The molecule has 1 saturated heterocycles. The summed E-state index contributed by atoms with van der Waals surface area (Å²) in [6.45, 7) is 3.48. The third kappa shape index (κ3) is 4.33. The number of hydrogen-bond donors (Lipinski definition) is 1. The Kier molecular flexibility index (Phi) is 5.59. The first-order valence-corrected chi connectivity index (χ1v) is 11.8. The SMILES string of the molecule is S=C(Nc1ccc2nc(-c3ccco3)c(-c3ccco3)nc2c1)N1CCN(c2cccc[nH+]2)CC1. The Morgan fingerprint density at radius 1 is 0.829 bits per heavy atom. The predicted octanol–water partition coefficient (Wildman–Crippen LogP) is 4.48. The van der Waals surface area contributed by atoms with Crippen LogP contribution in [0, 0.1) is 0 Å². The van der Waals surface area contributed by atoms with Gasteiger partial charge in [-0.25, -0.2) is 15.0 Å². The van der Waals surface area contributed by atoms with E-state index in [2.05, 4.69) is 26.2 Å². The summed E-state index contributed by atoms with van der Waals surface area (Å²) >= 11 is 5.72. The zero-order valence-corrected chi connectivity index (χ0v) is 19.7. The van der Waals surface area contributed by atoms with Crippen LogP contribution in [0.15, 0.2) is 88.2 Å². The summed E-state index contributed by atoms with van der Waals surface area (Å²) in [6.07, 6.45) is 5.20. The lowest BCUT2D eigenvalue weighted by Gasteiger charge is -2.32. The fourth-order valence-electron chi connectivity index (χ4n) is 4.24. The minimum Gasteiger partial charge on any atom is -0.463 e. The first-order chi connectivity index (χ1) is 17.2. The number of benzene rings is 1. The van der Waals surface area contributed by atoms with Crippen LogP contribution in [0.4, 0.5) is 11.5 Å². The van der Waals surface area contributed by atoms with Gasteiger partial charge in [0.1, 0.15) is 24.5 Å². The molecule has 0 bridgehead atoms. The van der Waals surface area contributed by atoms with Crippen LogP contribution >= 0.6 is 12.2 Å². The Hall–Kier alpha value is -4.24. The monoisotopic (exact) mass is 483 g/mol. The number of hydrogen-bond acceptors (Lipinski definition) is 6. The smallest absolute Gasteiger partial charge is 0.274 e. The molecule has 0 aliphatic carbocycles. The predicted molar refractivity (Wildman–Crippen MR) is 138 cm³/mol. The van der Waals surface area contributed by atoms with Gasteiger partial charge in [-0.3, -0.25) is 4.90 Å². The molecule has 0 unspecified atom stereocenters. The maximum absolute atomic E-state index is 5.72. The van der Waals surface area contributed by atoms with Crippen LogP contribution in [0.3, 0.4) is 0 Å². The van der Waals surface area contributed by atoms with E-state index in [-0.39, 0.29) is 0 Å². The number of fused-ring (bicyclic) bond motifs is 1. The van der Waals surface area contributed by atoms with Crippen LogP contribution in [0.1, 0.15) is 0 Å². The van der Waals surface area contributed by atoms with Crippen molar-refractivity contribution in [2.24, 2.45) is 0 Å². The van der Waals surface area contributed by atoms with E-state index in [1.807, 2.05) is 60.8 Å². The number of H-pyrrole nitrogens is 1. The molecule has 0 atom stereocenters. The average molecular weight is 484 g/mol. The van der Waals surface area contributed by atoms with Crippen LogP contribution in [-0.4, -0.2) is 46.2 Å². The number of rotatable bonds is 4. The van der Waals surface area contributed by atoms with E-state index in [0.717, 1.165) is 48.7 Å². The molecule has 0 saturated carbocycles. The fourth-order valence-corrected chi connectivity index (χ4v) is 4.54. The van der Waals surface area contributed by atoms with Crippen LogP contribution in [0.5, 0.6) is 0 Å². The molecule has 5 aromatic rings.